The summed E-state index contributed by atoms with van der Waals surface area (Å²) in [6.45, 7) is 7.98. The van der Waals surface area contributed by atoms with E-state index >= 15 is 0 Å². The molecule has 0 unspecified atom stereocenters. The predicted octanol–water partition coefficient (Wildman–Crippen LogP) is 5.32. The molecule has 1 N–H and O–H groups in total. The Kier molecular flexibility index (Phi) is 5.00. The van der Waals surface area contributed by atoms with Crippen LogP contribution in [0, 0.1) is 27.7 Å². The number of nitrogens with one attached hydrogen (secondary N) is 1. The van der Waals surface area contributed by atoms with Gasteiger partial charge in [-0.05, 0) is 68.1 Å². The maximum absolute atomic E-state index is 13.5. The molecule has 4 nitrogen and oxygen atoms in total. The van der Waals surface area contributed by atoms with E-state index in [1.165, 1.54) is 4.90 Å². The first-order chi connectivity index (χ1) is 14.4. The van der Waals surface area contributed by atoms with Gasteiger partial charge in [0.05, 0.1) is 11.3 Å². The molecule has 0 bridgehead atoms. The largest absolute Gasteiger partial charge is 0.350 e. The number of anilines is 2. The average molecular weight is 396 g/mol. The van der Waals surface area contributed by atoms with Crippen LogP contribution < -0.4 is 10.2 Å². The van der Waals surface area contributed by atoms with Gasteiger partial charge in [-0.15, -0.1) is 0 Å². The van der Waals surface area contributed by atoms with Gasteiger partial charge in [0.15, 0.2) is 0 Å². The SMILES string of the molecule is Cc1ccc(N2C(=O)C(Nc3ccccc3C)=C(c3ccc(C)c(C)c3)C2=O)cc1. The summed E-state index contributed by atoms with van der Waals surface area (Å²) in [6.07, 6.45) is 0. The van der Waals surface area contributed by atoms with Gasteiger partial charge < -0.3 is 5.32 Å². The van der Waals surface area contributed by atoms with E-state index in [1.807, 2.05) is 82.3 Å². The number of para-hydroxylation sites is 1. The molecule has 3 aromatic rings. The van der Waals surface area contributed by atoms with E-state index in [4.69, 9.17) is 0 Å². The first-order valence-corrected chi connectivity index (χ1v) is 9.97. The van der Waals surface area contributed by atoms with Crippen molar-refractivity contribution in [3.05, 3.63) is 100 Å². The van der Waals surface area contributed by atoms with Gasteiger partial charge in [0.1, 0.15) is 5.70 Å². The topological polar surface area (TPSA) is 49.4 Å². The summed E-state index contributed by atoms with van der Waals surface area (Å²) in [5, 5.41) is 3.25. The van der Waals surface area contributed by atoms with Crippen LogP contribution in [0.5, 0.6) is 0 Å². The summed E-state index contributed by atoms with van der Waals surface area (Å²) in [5.74, 6) is -0.663. The van der Waals surface area contributed by atoms with E-state index in [0.29, 0.717) is 17.0 Å². The van der Waals surface area contributed by atoms with E-state index in [2.05, 4.69) is 5.32 Å². The number of rotatable bonds is 4. The summed E-state index contributed by atoms with van der Waals surface area (Å²) < 4.78 is 0. The Morgan fingerprint density at radius 2 is 1.40 bits per heavy atom. The first kappa shape index (κ1) is 19.6. The van der Waals surface area contributed by atoms with Crippen molar-refractivity contribution in [2.24, 2.45) is 0 Å². The fraction of sp³-hybridized carbons (Fsp3) is 0.154. The molecule has 30 heavy (non-hydrogen) atoms. The molecule has 0 spiro atoms. The minimum absolute atomic E-state index is 0.304. The minimum Gasteiger partial charge on any atom is -0.350 e. The van der Waals surface area contributed by atoms with Gasteiger partial charge >= 0.3 is 0 Å². The van der Waals surface area contributed by atoms with Crippen molar-refractivity contribution in [1.82, 2.24) is 0 Å². The number of hydrogen-bond acceptors (Lipinski definition) is 3. The van der Waals surface area contributed by atoms with E-state index < -0.39 is 0 Å². The predicted molar refractivity (Wildman–Crippen MR) is 121 cm³/mol. The van der Waals surface area contributed by atoms with Crippen LogP contribution in [-0.2, 0) is 9.59 Å². The monoisotopic (exact) mass is 396 g/mol. The quantitative estimate of drug-likeness (QED) is 0.608. The highest BCUT2D eigenvalue weighted by Gasteiger charge is 2.40. The van der Waals surface area contributed by atoms with Crippen LogP contribution >= 0.6 is 0 Å². The number of benzene rings is 3. The van der Waals surface area contributed by atoms with Gasteiger partial charge in [0.2, 0.25) is 0 Å². The molecule has 150 valence electrons. The Morgan fingerprint density at radius 3 is 2.07 bits per heavy atom. The molecule has 0 radical (unpaired) electrons. The fourth-order valence-corrected chi connectivity index (χ4v) is 3.59. The van der Waals surface area contributed by atoms with Crippen LogP contribution in [0.15, 0.2) is 72.4 Å². The molecular weight excluding hydrogens is 372 g/mol. The molecule has 1 aliphatic rings. The number of nitrogens with zero attached hydrogens (tertiary/aromatic N) is 1. The zero-order valence-electron chi connectivity index (χ0n) is 17.6. The zero-order chi connectivity index (χ0) is 21.4. The van der Waals surface area contributed by atoms with E-state index in [-0.39, 0.29) is 11.8 Å². The lowest BCUT2D eigenvalue weighted by Gasteiger charge is -2.16. The van der Waals surface area contributed by atoms with E-state index in [1.54, 1.807) is 12.1 Å². The molecule has 0 aliphatic carbocycles. The molecule has 3 aromatic carbocycles. The lowest BCUT2D eigenvalue weighted by molar-refractivity contribution is -0.120. The van der Waals surface area contributed by atoms with Crippen LogP contribution in [0.2, 0.25) is 0 Å². The molecule has 0 fully saturated rings. The van der Waals surface area contributed by atoms with Crippen molar-refractivity contribution < 1.29 is 9.59 Å². The number of amides is 2. The number of carbonyl (C=O) groups excluding carboxylic acids is 2. The summed E-state index contributed by atoms with van der Waals surface area (Å²) in [6, 6.07) is 21.0. The van der Waals surface area contributed by atoms with E-state index in [9.17, 15) is 9.59 Å². The average Bonchev–Trinajstić information content (AvgIpc) is 2.96. The third kappa shape index (κ3) is 3.41. The number of hydrogen-bond donors (Lipinski definition) is 1. The van der Waals surface area contributed by atoms with Gasteiger partial charge in [-0.2, -0.15) is 0 Å². The Bertz CT molecular complexity index is 1190. The highest BCUT2D eigenvalue weighted by atomic mass is 16.2. The molecule has 1 aliphatic heterocycles. The smallest absolute Gasteiger partial charge is 0.282 e. The number of imide groups is 1. The van der Waals surface area contributed by atoms with Crippen molar-refractivity contribution >= 4 is 28.8 Å². The highest BCUT2D eigenvalue weighted by Crippen LogP contribution is 2.34. The van der Waals surface area contributed by atoms with Gasteiger partial charge in [-0.25, -0.2) is 4.90 Å². The van der Waals surface area contributed by atoms with Crippen molar-refractivity contribution in [3.8, 4) is 0 Å². The third-order valence-electron chi connectivity index (χ3n) is 5.58. The molecule has 0 aromatic heterocycles. The lowest BCUT2D eigenvalue weighted by Crippen LogP contribution is -2.32. The lowest BCUT2D eigenvalue weighted by atomic mass is 9.99. The maximum atomic E-state index is 13.5. The third-order valence-corrected chi connectivity index (χ3v) is 5.58. The molecule has 1 heterocycles. The van der Waals surface area contributed by atoms with Gasteiger partial charge in [0.25, 0.3) is 11.8 Å². The van der Waals surface area contributed by atoms with Crippen LogP contribution in [-0.4, -0.2) is 11.8 Å². The Labute approximate surface area is 176 Å². The second-order valence-electron chi connectivity index (χ2n) is 7.77. The standard InChI is InChI=1S/C26H24N2O2/c1-16-9-13-21(14-10-16)28-25(29)23(20-12-11-17(2)19(4)15-20)24(26(28)30)27-22-8-6-5-7-18(22)3/h5-15,27H,1-4H3. The molecule has 2 amide bonds. The number of carbonyl (C=O) groups is 2. The van der Waals surface area contributed by atoms with Crippen LogP contribution in [0.25, 0.3) is 5.57 Å². The maximum Gasteiger partial charge on any atom is 0.282 e. The minimum atomic E-state index is -0.347. The van der Waals surface area contributed by atoms with Gasteiger partial charge in [0, 0.05) is 5.69 Å². The van der Waals surface area contributed by atoms with Crippen molar-refractivity contribution in [2.45, 2.75) is 27.7 Å². The molecule has 0 saturated heterocycles. The van der Waals surface area contributed by atoms with Crippen LogP contribution in [0.3, 0.4) is 0 Å². The Balaban J connectivity index is 1.86. The van der Waals surface area contributed by atoms with Crippen LogP contribution in [0.1, 0.15) is 27.8 Å². The molecule has 4 rings (SSSR count). The van der Waals surface area contributed by atoms with Crippen molar-refractivity contribution in [2.75, 3.05) is 10.2 Å². The van der Waals surface area contributed by atoms with Crippen molar-refractivity contribution in [3.63, 3.8) is 0 Å². The van der Waals surface area contributed by atoms with Crippen molar-refractivity contribution in [1.29, 1.82) is 0 Å². The van der Waals surface area contributed by atoms with Crippen LogP contribution in [0.4, 0.5) is 11.4 Å². The zero-order valence-corrected chi connectivity index (χ0v) is 17.6. The second kappa shape index (κ2) is 7.64. The molecule has 0 saturated carbocycles. The number of aryl methyl sites for hydroxylation is 4. The summed E-state index contributed by atoms with van der Waals surface area (Å²) in [7, 11) is 0. The second-order valence-corrected chi connectivity index (χ2v) is 7.77. The summed E-state index contributed by atoms with van der Waals surface area (Å²) >= 11 is 0. The summed E-state index contributed by atoms with van der Waals surface area (Å²) in [5.41, 5.74) is 7.09. The van der Waals surface area contributed by atoms with Gasteiger partial charge in [-0.1, -0.05) is 54.1 Å². The highest BCUT2D eigenvalue weighted by molar-refractivity contribution is 6.46. The molecular formula is C26H24N2O2. The van der Waals surface area contributed by atoms with Gasteiger partial charge in [-0.3, -0.25) is 9.59 Å². The summed E-state index contributed by atoms with van der Waals surface area (Å²) in [4.78, 5) is 28.2. The Morgan fingerprint density at radius 1 is 0.700 bits per heavy atom. The Hall–Kier alpha value is -3.66. The molecule has 0 atom stereocenters. The molecule has 4 heteroatoms. The normalized spacial score (nSPS) is 13.9. The van der Waals surface area contributed by atoms with E-state index in [0.717, 1.165) is 33.5 Å². The fourth-order valence-electron chi connectivity index (χ4n) is 3.59. The first-order valence-electron chi connectivity index (χ1n) is 9.97.